The minimum Gasteiger partial charge on any atom is -0.307 e. The molecule has 21 heavy (non-hydrogen) atoms. The van der Waals surface area contributed by atoms with E-state index in [-0.39, 0.29) is 5.91 Å². The van der Waals surface area contributed by atoms with Crippen molar-refractivity contribution in [3.05, 3.63) is 65.4 Å². The maximum absolute atomic E-state index is 11.8. The molecule has 3 nitrogen and oxygen atoms in total. The summed E-state index contributed by atoms with van der Waals surface area (Å²) < 4.78 is 0. The Kier molecular flexibility index (Phi) is 4.88. The number of carbonyl (C=O) groups excluding carboxylic acids is 1. The Labute approximate surface area is 125 Å². The predicted octanol–water partition coefficient (Wildman–Crippen LogP) is 4.17. The van der Waals surface area contributed by atoms with E-state index in [2.05, 4.69) is 36.3 Å². The van der Waals surface area contributed by atoms with Gasteiger partial charge in [-0.2, -0.15) is 0 Å². The first kappa shape index (κ1) is 15.0. The Morgan fingerprint density at radius 1 is 1.14 bits per heavy atom. The van der Waals surface area contributed by atoms with Crippen LogP contribution >= 0.6 is 0 Å². The largest absolute Gasteiger partial charge is 0.307 e. The van der Waals surface area contributed by atoms with Crippen molar-refractivity contribution >= 4 is 17.8 Å². The molecule has 3 heteroatoms. The van der Waals surface area contributed by atoms with Crippen molar-refractivity contribution < 1.29 is 4.79 Å². The fourth-order valence-electron chi connectivity index (χ4n) is 1.87. The van der Waals surface area contributed by atoms with Gasteiger partial charge < -0.3 is 5.32 Å². The van der Waals surface area contributed by atoms with Crippen molar-refractivity contribution in [3.8, 4) is 0 Å². The van der Waals surface area contributed by atoms with Crippen LogP contribution in [0.4, 0.5) is 5.82 Å². The van der Waals surface area contributed by atoms with Gasteiger partial charge in [-0.3, -0.25) is 4.79 Å². The lowest BCUT2D eigenvalue weighted by Gasteiger charge is -2.04. The van der Waals surface area contributed by atoms with Crippen molar-refractivity contribution in [1.82, 2.24) is 4.98 Å². The lowest BCUT2D eigenvalue weighted by atomic mass is 10.0. The van der Waals surface area contributed by atoms with Gasteiger partial charge in [0.1, 0.15) is 5.82 Å². The summed E-state index contributed by atoms with van der Waals surface area (Å²) in [6.45, 7) is 6.28. The van der Waals surface area contributed by atoms with Crippen molar-refractivity contribution in [1.29, 1.82) is 0 Å². The molecule has 0 bridgehead atoms. The third-order valence-electron chi connectivity index (χ3n) is 3.19. The van der Waals surface area contributed by atoms with E-state index < -0.39 is 0 Å². The quantitative estimate of drug-likeness (QED) is 0.854. The van der Waals surface area contributed by atoms with E-state index in [9.17, 15) is 4.79 Å². The summed E-state index contributed by atoms with van der Waals surface area (Å²) in [6, 6.07) is 11.9. The van der Waals surface area contributed by atoms with E-state index >= 15 is 0 Å². The zero-order valence-electron chi connectivity index (χ0n) is 12.6. The molecule has 108 valence electrons. The van der Waals surface area contributed by atoms with E-state index in [1.54, 1.807) is 18.3 Å². The lowest BCUT2D eigenvalue weighted by molar-refractivity contribution is -0.111. The van der Waals surface area contributed by atoms with Crippen LogP contribution in [0.1, 0.15) is 36.5 Å². The number of nitrogens with zero attached hydrogens (tertiary/aromatic N) is 1. The molecule has 0 saturated carbocycles. The van der Waals surface area contributed by atoms with Crippen LogP contribution < -0.4 is 5.32 Å². The number of hydrogen-bond acceptors (Lipinski definition) is 2. The number of aromatic nitrogens is 1. The van der Waals surface area contributed by atoms with Crippen LogP contribution in [0.5, 0.6) is 0 Å². The van der Waals surface area contributed by atoms with Crippen molar-refractivity contribution in [2.75, 3.05) is 5.32 Å². The van der Waals surface area contributed by atoms with Gasteiger partial charge in [0.2, 0.25) is 5.91 Å². The molecule has 0 unspecified atom stereocenters. The topological polar surface area (TPSA) is 42.0 Å². The molecule has 0 fully saturated rings. The molecule has 0 spiro atoms. The van der Waals surface area contributed by atoms with Gasteiger partial charge >= 0.3 is 0 Å². The van der Waals surface area contributed by atoms with E-state index in [1.807, 2.05) is 25.1 Å². The van der Waals surface area contributed by atoms with Crippen LogP contribution in [-0.4, -0.2) is 10.9 Å². The second-order valence-electron chi connectivity index (χ2n) is 5.36. The highest BCUT2D eigenvalue weighted by Gasteiger charge is 2.00. The van der Waals surface area contributed by atoms with Crippen LogP contribution in [-0.2, 0) is 4.79 Å². The lowest BCUT2D eigenvalue weighted by Crippen LogP contribution is -2.08. The SMILES string of the molecule is Cc1ccc(NC(=O)/C=C/c2ccc(C(C)C)cc2)nc1. The summed E-state index contributed by atoms with van der Waals surface area (Å²) >= 11 is 0. The molecule has 1 amide bonds. The Hall–Kier alpha value is -2.42. The minimum absolute atomic E-state index is 0.181. The van der Waals surface area contributed by atoms with Crippen LogP contribution in [0, 0.1) is 6.92 Å². The summed E-state index contributed by atoms with van der Waals surface area (Å²) in [5.74, 6) is 0.892. The summed E-state index contributed by atoms with van der Waals surface area (Å²) in [6.07, 6.45) is 5.05. The highest BCUT2D eigenvalue weighted by Crippen LogP contribution is 2.15. The smallest absolute Gasteiger partial charge is 0.249 e. The molecule has 1 N–H and O–H groups in total. The van der Waals surface area contributed by atoms with Gasteiger partial charge in [0.05, 0.1) is 0 Å². The molecule has 0 atom stereocenters. The first-order chi connectivity index (χ1) is 10.0. The average Bonchev–Trinajstić information content (AvgIpc) is 2.48. The number of pyridine rings is 1. The number of rotatable bonds is 4. The van der Waals surface area contributed by atoms with Gasteiger partial charge in [-0.05, 0) is 41.7 Å². The highest BCUT2D eigenvalue weighted by molar-refractivity contribution is 6.01. The Morgan fingerprint density at radius 3 is 2.43 bits per heavy atom. The summed E-state index contributed by atoms with van der Waals surface area (Å²) in [5.41, 5.74) is 3.36. The molecular formula is C18H20N2O. The number of amides is 1. The normalized spacial score (nSPS) is 11.0. The van der Waals surface area contributed by atoms with Crippen LogP contribution in [0.15, 0.2) is 48.7 Å². The molecule has 0 saturated heterocycles. The zero-order chi connectivity index (χ0) is 15.2. The Morgan fingerprint density at radius 2 is 1.86 bits per heavy atom. The monoisotopic (exact) mass is 280 g/mol. The van der Waals surface area contributed by atoms with Crippen LogP contribution in [0.2, 0.25) is 0 Å². The van der Waals surface area contributed by atoms with E-state index in [1.165, 1.54) is 11.6 Å². The van der Waals surface area contributed by atoms with Crippen molar-refractivity contribution in [3.63, 3.8) is 0 Å². The molecule has 0 radical (unpaired) electrons. The van der Waals surface area contributed by atoms with Gasteiger partial charge in [-0.1, -0.05) is 44.2 Å². The fraction of sp³-hybridized carbons (Fsp3) is 0.222. The number of hydrogen-bond donors (Lipinski definition) is 1. The summed E-state index contributed by atoms with van der Waals surface area (Å²) in [5, 5.41) is 2.73. The first-order valence-electron chi connectivity index (χ1n) is 7.06. The van der Waals surface area contributed by atoms with Crippen molar-refractivity contribution in [2.45, 2.75) is 26.7 Å². The molecule has 1 heterocycles. The second kappa shape index (κ2) is 6.84. The van der Waals surface area contributed by atoms with E-state index in [4.69, 9.17) is 0 Å². The second-order valence-corrected chi connectivity index (χ2v) is 5.36. The minimum atomic E-state index is -0.181. The first-order valence-corrected chi connectivity index (χ1v) is 7.06. The third-order valence-corrected chi connectivity index (χ3v) is 3.19. The molecule has 2 rings (SSSR count). The predicted molar refractivity (Wildman–Crippen MR) is 87.2 cm³/mol. The standard InChI is InChI=1S/C18H20N2O/c1-13(2)16-8-5-15(6-9-16)7-11-18(21)20-17-10-4-14(3)12-19-17/h4-13H,1-3H3,(H,19,20,21)/b11-7+. The zero-order valence-corrected chi connectivity index (χ0v) is 12.6. The molecule has 2 aromatic rings. The fourth-order valence-corrected chi connectivity index (χ4v) is 1.87. The average molecular weight is 280 g/mol. The van der Waals surface area contributed by atoms with E-state index in [0.717, 1.165) is 11.1 Å². The van der Waals surface area contributed by atoms with Gasteiger partial charge in [0, 0.05) is 12.3 Å². The number of benzene rings is 1. The molecule has 0 aliphatic rings. The Bertz CT molecular complexity index is 625. The maximum Gasteiger partial charge on any atom is 0.249 e. The van der Waals surface area contributed by atoms with Crippen LogP contribution in [0.25, 0.3) is 6.08 Å². The number of nitrogens with one attached hydrogen (secondary N) is 1. The van der Waals surface area contributed by atoms with Gasteiger partial charge in [0.25, 0.3) is 0 Å². The Balaban J connectivity index is 1.96. The number of carbonyl (C=O) groups is 1. The van der Waals surface area contributed by atoms with E-state index in [0.29, 0.717) is 11.7 Å². The van der Waals surface area contributed by atoms with Gasteiger partial charge in [0.15, 0.2) is 0 Å². The van der Waals surface area contributed by atoms with Gasteiger partial charge in [-0.25, -0.2) is 4.98 Å². The molecule has 1 aromatic heterocycles. The maximum atomic E-state index is 11.8. The van der Waals surface area contributed by atoms with Gasteiger partial charge in [-0.15, -0.1) is 0 Å². The third kappa shape index (κ3) is 4.56. The van der Waals surface area contributed by atoms with Crippen LogP contribution in [0.3, 0.4) is 0 Å². The summed E-state index contributed by atoms with van der Waals surface area (Å²) in [4.78, 5) is 15.9. The number of anilines is 1. The molecule has 1 aromatic carbocycles. The van der Waals surface area contributed by atoms with Crippen molar-refractivity contribution in [2.24, 2.45) is 0 Å². The molecular weight excluding hydrogens is 260 g/mol. The molecule has 0 aliphatic heterocycles. The highest BCUT2D eigenvalue weighted by atomic mass is 16.1. The summed E-state index contributed by atoms with van der Waals surface area (Å²) in [7, 11) is 0. The molecule has 0 aliphatic carbocycles. The number of aryl methyl sites for hydroxylation is 1.